The number of carbonyl (C=O) groups excluding carboxylic acids is 4. The van der Waals surface area contributed by atoms with Gasteiger partial charge < -0.3 is 5.32 Å². The van der Waals surface area contributed by atoms with E-state index in [0.717, 1.165) is 24.2 Å². The molecule has 9 nitrogen and oxygen atoms in total. The number of aryl methyl sites for hydroxylation is 1. The molecule has 1 aliphatic carbocycles. The van der Waals surface area contributed by atoms with Crippen molar-refractivity contribution in [1.82, 2.24) is 19.6 Å². The zero-order chi connectivity index (χ0) is 23.0. The second-order valence-electron chi connectivity index (χ2n) is 8.29. The predicted octanol–water partition coefficient (Wildman–Crippen LogP) is 2.63. The molecule has 0 bridgehead atoms. The first-order valence-electron chi connectivity index (χ1n) is 10.6. The van der Waals surface area contributed by atoms with Gasteiger partial charge in [0.1, 0.15) is 18.2 Å². The highest BCUT2D eigenvalue weighted by Crippen LogP contribution is 2.31. The van der Waals surface area contributed by atoms with Crippen molar-refractivity contribution in [3.8, 4) is 5.69 Å². The molecular formula is C22H24FN5O4. The number of carbonyl (C=O) groups is 4. The fourth-order valence-corrected chi connectivity index (χ4v) is 4.33. The summed E-state index contributed by atoms with van der Waals surface area (Å²) in [5, 5.41) is 6.91. The Balaban J connectivity index is 1.49. The molecule has 2 aliphatic rings. The lowest BCUT2D eigenvalue weighted by Crippen LogP contribution is -2.46. The Morgan fingerprint density at radius 3 is 2.50 bits per heavy atom. The zero-order valence-electron chi connectivity index (χ0n) is 17.9. The number of hydrogen-bond acceptors (Lipinski definition) is 5. The second-order valence-corrected chi connectivity index (χ2v) is 8.29. The lowest BCUT2D eigenvalue weighted by Gasteiger charge is -2.34. The molecule has 0 radical (unpaired) electrons. The lowest BCUT2D eigenvalue weighted by atomic mass is 9.85. The van der Waals surface area contributed by atoms with E-state index in [1.165, 1.54) is 28.9 Å². The average Bonchev–Trinajstić information content (AvgIpc) is 3.21. The minimum absolute atomic E-state index is 0.103. The summed E-state index contributed by atoms with van der Waals surface area (Å²) in [4.78, 5) is 52.2. The molecule has 4 rings (SSSR count). The molecule has 1 aromatic heterocycles. The van der Waals surface area contributed by atoms with Crippen LogP contribution in [0.3, 0.4) is 0 Å². The Bertz CT molecular complexity index is 1080. The van der Waals surface area contributed by atoms with E-state index in [9.17, 15) is 23.6 Å². The van der Waals surface area contributed by atoms with Crippen molar-refractivity contribution in [3.63, 3.8) is 0 Å². The van der Waals surface area contributed by atoms with Crippen molar-refractivity contribution in [3.05, 3.63) is 41.8 Å². The summed E-state index contributed by atoms with van der Waals surface area (Å²) in [5.41, 5.74) is 1.13. The number of halogens is 1. The van der Waals surface area contributed by atoms with Gasteiger partial charge in [-0.3, -0.25) is 19.3 Å². The van der Waals surface area contributed by atoms with Gasteiger partial charge in [0.05, 0.1) is 11.4 Å². The molecule has 2 heterocycles. The Kier molecular flexibility index (Phi) is 5.77. The van der Waals surface area contributed by atoms with Crippen LogP contribution in [0.4, 0.5) is 15.0 Å². The van der Waals surface area contributed by atoms with E-state index in [1.54, 1.807) is 13.0 Å². The summed E-state index contributed by atoms with van der Waals surface area (Å²) in [7, 11) is 0. The molecule has 0 unspecified atom stereocenters. The van der Waals surface area contributed by atoms with Crippen molar-refractivity contribution in [1.29, 1.82) is 0 Å². The summed E-state index contributed by atoms with van der Waals surface area (Å²) in [6.45, 7) is 3.10. The van der Waals surface area contributed by atoms with Crippen LogP contribution in [0, 0.1) is 18.7 Å². The molecule has 2 fully saturated rings. The van der Waals surface area contributed by atoms with Crippen LogP contribution in [0.25, 0.3) is 5.69 Å². The Morgan fingerprint density at radius 1 is 1.12 bits per heavy atom. The number of aromatic nitrogens is 2. The predicted molar refractivity (Wildman–Crippen MR) is 112 cm³/mol. The Morgan fingerprint density at radius 2 is 1.81 bits per heavy atom. The van der Waals surface area contributed by atoms with Crippen molar-refractivity contribution < 1.29 is 23.6 Å². The van der Waals surface area contributed by atoms with Crippen LogP contribution in [0.1, 0.15) is 38.3 Å². The maximum atomic E-state index is 13.2. The van der Waals surface area contributed by atoms with Gasteiger partial charge in [-0.15, -0.1) is 0 Å². The number of hydrogen-bond donors (Lipinski definition) is 1. The number of nitrogens with zero attached hydrogens (tertiary/aromatic N) is 4. The minimum atomic E-state index is -0.994. The largest absolute Gasteiger partial charge is 0.334 e. The molecule has 2 aromatic rings. The van der Waals surface area contributed by atoms with E-state index in [0.29, 0.717) is 28.5 Å². The Labute approximate surface area is 184 Å². The number of amides is 5. The van der Waals surface area contributed by atoms with E-state index in [4.69, 9.17) is 0 Å². The zero-order valence-corrected chi connectivity index (χ0v) is 17.9. The van der Waals surface area contributed by atoms with Crippen molar-refractivity contribution in [2.24, 2.45) is 5.92 Å². The van der Waals surface area contributed by atoms with Gasteiger partial charge in [0, 0.05) is 12.1 Å². The maximum absolute atomic E-state index is 13.2. The summed E-state index contributed by atoms with van der Waals surface area (Å²) in [6.07, 6.45) is 3.44. The third-order valence-electron chi connectivity index (χ3n) is 5.95. The van der Waals surface area contributed by atoms with Crippen LogP contribution < -0.4 is 5.32 Å². The summed E-state index contributed by atoms with van der Waals surface area (Å²) in [6, 6.07) is 6.08. The van der Waals surface area contributed by atoms with Gasteiger partial charge in [-0.25, -0.2) is 18.8 Å². The molecule has 168 valence electrons. The third-order valence-corrected chi connectivity index (χ3v) is 5.95. The van der Waals surface area contributed by atoms with Crippen LogP contribution in [-0.2, 0) is 14.4 Å². The first kappa shape index (κ1) is 21.7. The average molecular weight is 441 g/mol. The van der Waals surface area contributed by atoms with Crippen molar-refractivity contribution >= 4 is 29.6 Å². The summed E-state index contributed by atoms with van der Waals surface area (Å²) >= 11 is 0. The maximum Gasteiger partial charge on any atom is 0.334 e. The standard InChI is InChI=1S/C22H24FN5O4/c1-13-5-3-4-6-17(13)27-21(31)20(30)26(22(27)32)12-19(29)24-18-11-14(2)25-28(18)16-9-7-15(23)8-10-16/h7-11,13,17H,3-6,12H2,1-2H3,(H,24,29)/t13-,17+/m0/s1. The number of imide groups is 2. The van der Waals surface area contributed by atoms with Crippen LogP contribution >= 0.6 is 0 Å². The number of benzene rings is 1. The molecule has 32 heavy (non-hydrogen) atoms. The van der Waals surface area contributed by atoms with Crippen LogP contribution in [0.15, 0.2) is 30.3 Å². The molecular weight excluding hydrogens is 417 g/mol. The molecule has 1 aliphatic heterocycles. The molecule has 0 spiro atoms. The monoisotopic (exact) mass is 441 g/mol. The van der Waals surface area contributed by atoms with E-state index in [1.807, 2.05) is 6.92 Å². The van der Waals surface area contributed by atoms with Gasteiger partial charge >= 0.3 is 17.8 Å². The van der Waals surface area contributed by atoms with Gasteiger partial charge in [0.15, 0.2) is 0 Å². The normalized spacial score (nSPS) is 21.4. The summed E-state index contributed by atoms with van der Waals surface area (Å²) in [5.74, 6) is -2.54. The fraction of sp³-hybridized carbons (Fsp3) is 0.409. The van der Waals surface area contributed by atoms with E-state index in [2.05, 4.69) is 10.4 Å². The number of anilines is 1. The highest BCUT2D eigenvalue weighted by atomic mass is 19.1. The van der Waals surface area contributed by atoms with E-state index in [-0.39, 0.29) is 12.0 Å². The number of nitrogens with one attached hydrogen (secondary N) is 1. The van der Waals surface area contributed by atoms with Crippen LogP contribution in [0.5, 0.6) is 0 Å². The molecule has 2 atom stereocenters. The molecule has 5 amide bonds. The van der Waals surface area contributed by atoms with Crippen molar-refractivity contribution in [2.45, 2.75) is 45.6 Å². The third kappa shape index (κ3) is 4.00. The van der Waals surface area contributed by atoms with Crippen molar-refractivity contribution in [2.75, 3.05) is 11.9 Å². The van der Waals surface area contributed by atoms with Crippen LogP contribution in [0.2, 0.25) is 0 Å². The molecule has 1 aromatic carbocycles. The quantitative estimate of drug-likeness (QED) is 0.567. The fourth-order valence-electron chi connectivity index (χ4n) is 4.33. The first-order chi connectivity index (χ1) is 15.3. The highest BCUT2D eigenvalue weighted by Gasteiger charge is 2.49. The van der Waals surface area contributed by atoms with Gasteiger partial charge in [-0.2, -0.15) is 5.10 Å². The highest BCUT2D eigenvalue weighted by molar-refractivity contribution is 6.45. The van der Waals surface area contributed by atoms with Crippen LogP contribution in [-0.4, -0.2) is 55.9 Å². The molecule has 1 saturated carbocycles. The second kappa shape index (κ2) is 8.52. The van der Waals surface area contributed by atoms with E-state index >= 15 is 0 Å². The lowest BCUT2D eigenvalue weighted by molar-refractivity contribution is -0.145. The van der Waals surface area contributed by atoms with Gasteiger partial charge in [-0.05, 0) is 49.9 Å². The van der Waals surface area contributed by atoms with E-state index < -0.39 is 36.1 Å². The molecule has 1 N–H and O–H groups in total. The van der Waals surface area contributed by atoms with Gasteiger partial charge in [-0.1, -0.05) is 19.8 Å². The SMILES string of the molecule is Cc1cc(NC(=O)CN2C(=O)C(=O)N([C@@H]3CCCC[C@@H]3C)C2=O)n(-c2ccc(F)cc2)n1. The summed E-state index contributed by atoms with van der Waals surface area (Å²) < 4.78 is 14.7. The topological polar surface area (TPSA) is 105 Å². The number of rotatable bonds is 5. The number of urea groups is 1. The first-order valence-corrected chi connectivity index (χ1v) is 10.6. The molecule has 10 heteroatoms. The van der Waals surface area contributed by atoms with Gasteiger partial charge in [0.2, 0.25) is 5.91 Å². The minimum Gasteiger partial charge on any atom is -0.309 e. The molecule has 1 saturated heterocycles. The van der Waals surface area contributed by atoms with Gasteiger partial charge in [0.25, 0.3) is 0 Å². The smallest absolute Gasteiger partial charge is 0.309 e. The Hall–Kier alpha value is -3.56.